The quantitative estimate of drug-likeness (QED) is 0.863. The van der Waals surface area contributed by atoms with Crippen molar-refractivity contribution in [2.75, 3.05) is 6.54 Å². The fraction of sp³-hybridized carbons (Fsp3) is 0.176. The first-order valence-electron chi connectivity index (χ1n) is 6.51. The topological polar surface area (TPSA) is 42.0 Å². The Labute approximate surface area is 119 Å². The number of pyridine rings is 1. The zero-order valence-electron chi connectivity index (χ0n) is 11.4. The van der Waals surface area contributed by atoms with Crippen LogP contribution in [0, 0.1) is 18.8 Å². The van der Waals surface area contributed by atoms with Crippen LogP contribution in [0.2, 0.25) is 0 Å². The molecular formula is C17H16N2O. The van der Waals surface area contributed by atoms with E-state index in [0.717, 1.165) is 16.8 Å². The van der Waals surface area contributed by atoms with E-state index in [1.54, 1.807) is 6.20 Å². The molecule has 0 unspecified atom stereocenters. The Morgan fingerprint density at radius 1 is 1.20 bits per heavy atom. The standard InChI is InChI=1S/C17H16N2O/c1-14-6-2-3-7-15(14)9-10-17(20)19-13-11-16-8-4-5-12-18-16/h2-8,12H,11,13H2,1H3,(H,19,20). The van der Waals surface area contributed by atoms with Crippen LogP contribution in [0.15, 0.2) is 48.7 Å². The summed E-state index contributed by atoms with van der Waals surface area (Å²) in [6, 6.07) is 13.5. The zero-order valence-corrected chi connectivity index (χ0v) is 11.4. The molecule has 0 fully saturated rings. The number of rotatable bonds is 3. The van der Waals surface area contributed by atoms with Gasteiger partial charge in [-0.25, -0.2) is 0 Å². The van der Waals surface area contributed by atoms with Crippen LogP contribution in [0.5, 0.6) is 0 Å². The lowest BCUT2D eigenvalue weighted by Gasteiger charge is -2.00. The van der Waals surface area contributed by atoms with Gasteiger partial charge in [0.15, 0.2) is 0 Å². The Morgan fingerprint density at radius 2 is 2.00 bits per heavy atom. The van der Waals surface area contributed by atoms with Crippen molar-refractivity contribution in [1.29, 1.82) is 0 Å². The molecule has 0 radical (unpaired) electrons. The van der Waals surface area contributed by atoms with Crippen molar-refractivity contribution < 1.29 is 4.79 Å². The molecule has 0 aliphatic carbocycles. The average Bonchev–Trinajstić information content (AvgIpc) is 2.47. The molecule has 3 heteroatoms. The molecule has 0 saturated heterocycles. The Morgan fingerprint density at radius 3 is 2.75 bits per heavy atom. The van der Waals surface area contributed by atoms with E-state index in [1.165, 1.54) is 0 Å². The van der Waals surface area contributed by atoms with Crippen molar-refractivity contribution in [1.82, 2.24) is 10.3 Å². The van der Waals surface area contributed by atoms with E-state index in [1.807, 2.05) is 49.4 Å². The average molecular weight is 264 g/mol. The number of carbonyl (C=O) groups excluding carboxylic acids is 1. The molecule has 0 spiro atoms. The fourth-order valence-electron chi connectivity index (χ4n) is 1.73. The van der Waals surface area contributed by atoms with Gasteiger partial charge in [-0.05, 0) is 30.7 Å². The molecule has 1 aromatic carbocycles. The first kappa shape index (κ1) is 13.8. The minimum absolute atomic E-state index is 0.260. The number of hydrogen-bond acceptors (Lipinski definition) is 2. The minimum Gasteiger partial charge on any atom is -0.345 e. The third-order valence-electron chi connectivity index (χ3n) is 2.85. The molecule has 0 aliphatic rings. The molecule has 0 atom stereocenters. The van der Waals surface area contributed by atoms with Gasteiger partial charge in [0.05, 0.1) is 0 Å². The molecule has 1 amide bonds. The van der Waals surface area contributed by atoms with Gasteiger partial charge in [-0.15, -0.1) is 0 Å². The molecule has 2 rings (SSSR count). The van der Waals surface area contributed by atoms with E-state index in [0.29, 0.717) is 13.0 Å². The second kappa shape index (κ2) is 7.10. The number of amides is 1. The van der Waals surface area contributed by atoms with E-state index in [2.05, 4.69) is 22.1 Å². The maximum absolute atomic E-state index is 11.6. The molecule has 100 valence electrons. The second-order valence-electron chi connectivity index (χ2n) is 4.39. The van der Waals surface area contributed by atoms with E-state index in [4.69, 9.17) is 0 Å². The summed E-state index contributed by atoms with van der Waals surface area (Å²) in [5.74, 6) is 5.23. The van der Waals surface area contributed by atoms with Gasteiger partial charge in [0.1, 0.15) is 0 Å². The molecular weight excluding hydrogens is 248 g/mol. The predicted octanol–water partition coefficient (Wildman–Crippen LogP) is 2.10. The van der Waals surface area contributed by atoms with Crippen molar-refractivity contribution >= 4 is 5.91 Å². The number of nitrogens with one attached hydrogen (secondary N) is 1. The summed E-state index contributed by atoms with van der Waals surface area (Å²) in [5.41, 5.74) is 2.91. The lowest BCUT2D eigenvalue weighted by Crippen LogP contribution is -2.24. The lowest BCUT2D eigenvalue weighted by atomic mass is 10.1. The van der Waals surface area contributed by atoms with Crippen LogP contribution < -0.4 is 5.32 Å². The molecule has 20 heavy (non-hydrogen) atoms. The van der Waals surface area contributed by atoms with Crippen molar-refractivity contribution in [3.8, 4) is 11.8 Å². The molecule has 0 saturated carbocycles. The number of aryl methyl sites for hydroxylation is 1. The summed E-state index contributed by atoms with van der Waals surface area (Å²) in [5, 5.41) is 2.77. The molecule has 1 N–H and O–H groups in total. The van der Waals surface area contributed by atoms with Gasteiger partial charge in [-0.2, -0.15) is 0 Å². The summed E-state index contributed by atoms with van der Waals surface area (Å²) in [6.07, 6.45) is 2.45. The highest BCUT2D eigenvalue weighted by atomic mass is 16.1. The monoisotopic (exact) mass is 264 g/mol. The van der Waals surface area contributed by atoms with Gasteiger partial charge in [-0.1, -0.05) is 30.2 Å². The fourth-order valence-corrected chi connectivity index (χ4v) is 1.73. The highest BCUT2D eigenvalue weighted by Gasteiger charge is 1.97. The van der Waals surface area contributed by atoms with Crippen molar-refractivity contribution in [2.24, 2.45) is 0 Å². The summed E-state index contributed by atoms with van der Waals surface area (Å²) in [6.45, 7) is 2.52. The van der Waals surface area contributed by atoms with Gasteiger partial charge in [-0.3, -0.25) is 9.78 Å². The highest BCUT2D eigenvalue weighted by molar-refractivity contribution is 5.94. The Bertz CT molecular complexity index is 639. The van der Waals surface area contributed by atoms with Crippen LogP contribution >= 0.6 is 0 Å². The van der Waals surface area contributed by atoms with E-state index >= 15 is 0 Å². The van der Waals surface area contributed by atoms with Crippen LogP contribution in [-0.2, 0) is 11.2 Å². The van der Waals surface area contributed by atoms with E-state index in [9.17, 15) is 4.79 Å². The van der Waals surface area contributed by atoms with Crippen LogP contribution in [0.4, 0.5) is 0 Å². The minimum atomic E-state index is -0.260. The Hall–Kier alpha value is -2.60. The Kier molecular flexibility index (Phi) is 4.91. The molecule has 2 aromatic rings. The van der Waals surface area contributed by atoms with Crippen molar-refractivity contribution in [2.45, 2.75) is 13.3 Å². The van der Waals surface area contributed by atoms with Crippen molar-refractivity contribution in [3.05, 3.63) is 65.5 Å². The zero-order chi connectivity index (χ0) is 14.2. The number of benzene rings is 1. The Balaban J connectivity index is 1.83. The van der Waals surface area contributed by atoms with Crippen LogP contribution in [0.3, 0.4) is 0 Å². The van der Waals surface area contributed by atoms with E-state index < -0.39 is 0 Å². The van der Waals surface area contributed by atoms with Crippen LogP contribution in [0.1, 0.15) is 16.8 Å². The van der Waals surface area contributed by atoms with Gasteiger partial charge < -0.3 is 5.32 Å². The number of aromatic nitrogens is 1. The summed E-state index contributed by atoms with van der Waals surface area (Å²) >= 11 is 0. The largest absolute Gasteiger partial charge is 0.345 e. The van der Waals surface area contributed by atoms with Gasteiger partial charge >= 0.3 is 0 Å². The van der Waals surface area contributed by atoms with Gasteiger partial charge in [0.25, 0.3) is 5.91 Å². The summed E-state index contributed by atoms with van der Waals surface area (Å²) in [4.78, 5) is 15.8. The molecule has 3 nitrogen and oxygen atoms in total. The third kappa shape index (κ3) is 4.25. The van der Waals surface area contributed by atoms with Crippen molar-refractivity contribution in [3.63, 3.8) is 0 Å². The summed E-state index contributed by atoms with van der Waals surface area (Å²) < 4.78 is 0. The first-order chi connectivity index (χ1) is 9.75. The third-order valence-corrected chi connectivity index (χ3v) is 2.85. The molecule has 1 heterocycles. The predicted molar refractivity (Wildman–Crippen MR) is 79.0 cm³/mol. The van der Waals surface area contributed by atoms with Crippen LogP contribution in [0.25, 0.3) is 0 Å². The normalized spacial score (nSPS) is 9.45. The lowest BCUT2D eigenvalue weighted by molar-refractivity contribution is -0.115. The van der Waals surface area contributed by atoms with Crippen LogP contribution in [-0.4, -0.2) is 17.4 Å². The highest BCUT2D eigenvalue weighted by Crippen LogP contribution is 2.04. The SMILES string of the molecule is Cc1ccccc1C#CC(=O)NCCc1ccccn1. The maximum atomic E-state index is 11.6. The number of carbonyl (C=O) groups is 1. The van der Waals surface area contributed by atoms with Gasteiger partial charge in [0.2, 0.25) is 0 Å². The van der Waals surface area contributed by atoms with Gasteiger partial charge in [0, 0.05) is 36.3 Å². The number of hydrogen-bond donors (Lipinski definition) is 1. The second-order valence-corrected chi connectivity index (χ2v) is 4.39. The molecule has 0 aliphatic heterocycles. The molecule has 0 bridgehead atoms. The maximum Gasteiger partial charge on any atom is 0.296 e. The van der Waals surface area contributed by atoms with E-state index in [-0.39, 0.29) is 5.91 Å². The molecule has 1 aromatic heterocycles. The first-order valence-corrected chi connectivity index (χ1v) is 6.51. The number of nitrogens with zero attached hydrogens (tertiary/aromatic N) is 1. The summed E-state index contributed by atoms with van der Waals surface area (Å²) in [7, 11) is 0. The smallest absolute Gasteiger partial charge is 0.296 e.